The van der Waals surface area contributed by atoms with E-state index in [9.17, 15) is 8.78 Å². The molecule has 1 atom stereocenters. The van der Waals surface area contributed by atoms with Crippen molar-refractivity contribution < 1.29 is 13.2 Å². The third-order valence-corrected chi connectivity index (χ3v) is 8.85. The maximum atomic E-state index is 15.3. The molecule has 5 rings (SSSR count). The predicted octanol–water partition coefficient (Wildman–Crippen LogP) is 10.7. The highest BCUT2D eigenvalue weighted by molar-refractivity contribution is 5.74. The molecule has 3 aromatic rings. The van der Waals surface area contributed by atoms with Gasteiger partial charge in [-0.3, -0.25) is 0 Å². The molecule has 0 saturated heterocycles. The fourth-order valence-electron chi connectivity index (χ4n) is 6.39. The molecule has 0 spiro atoms. The standard InChI is InChI=1S/C36H37F3/c1-3-5-6-30-19-22-33(36(39)35(30)38)29-17-15-28(16-18-29)32-21-20-31(23-34(32)37)27-13-11-26(12-14-27)25-9-7-24(4-2)8-10-25/h3-5,13,15-26H,2,6-12,14H2,1H3/b5-3-. The monoisotopic (exact) mass is 526 g/mol. The Labute approximate surface area is 231 Å². The van der Waals surface area contributed by atoms with Gasteiger partial charge in [0.25, 0.3) is 0 Å². The Balaban J connectivity index is 1.27. The summed E-state index contributed by atoms with van der Waals surface area (Å²) in [5, 5.41) is 0. The first-order valence-corrected chi connectivity index (χ1v) is 14.3. The first kappa shape index (κ1) is 27.2. The number of rotatable bonds is 7. The minimum Gasteiger partial charge on any atom is -0.206 e. The molecule has 0 aromatic heterocycles. The van der Waals surface area contributed by atoms with Gasteiger partial charge >= 0.3 is 0 Å². The van der Waals surface area contributed by atoms with Crippen LogP contribution in [-0.4, -0.2) is 0 Å². The molecule has 0 amide bonds. The van der Waals surface area contributed by atoms with Crippen LogP contribution < -0.4 is 0 Å². The highest BCUT2D eigenvalue weighted by Gasteiger charge is 2.28. The largest absolute Gasteiger partial charge is 0.206 e. The van der Waals surface area contributed by atoms with E-state index in [1.54, 1.807) is 48.5 Å². The van der Waals surface area contributed by atoms with Crippen molar-refractivity contribution in [1.29, 1.82) is 0 Å². The van der Waals surface area contributed by atoms with Crippen LogP contribution in [0.15, 0.2) is 85.5 Å². The fourth-order valence-corrected chi connectivity index (χ4v) is 6.39. The summed E-state index contributed by atoms with van der Waals surface area (Å²) in [5.41, 5.74) is 4.50. The van der Waals surface area contributed by atoms with Crippen LogP contribution in [0.4, 0.5) is 13.2 Å². The third kappa shape index (κ3) is 5.98. The molecule has 2 aliphatic carbocycles. The van der Waals surface area contributed by atoms with E-state index in [4.69, 9.17) is 0 Å². The van der Waals surface area contributed by atoms with E-state index >= 15 is 4.39 Å². The van der Waals surface area contributed by atoms with Gasteiger partial charge < -0.3 is 0 Å². The molecule has 1 fully saturated rings. The van der Waals surface area contributed by atoms with Crippen LogP contribution in [0.3, 0.4) is 0 Å². The summed E-state index contributed by atoms with van der Waals surface area (Å²) in [4.78, 5) is 0. The zero-order valence-electron chi connectivity index (χ0n) is 22.7. The van der Waals surface area contributed by atoms with Gasteiger partial charge in [0.2, 0.25) is 0 Å². The summed E-state index contributed by atoms with van der Waals surface area (Å²) in [7, 11) is 0. The number of halogens is 3. The van der Waals surface area contributed by atoms with Gasteiger partial charge in [0.15, 0.2) is 11.6 Å². The molecule has 3 heteroatoms. The summed E-state index contributed by atoms with van der Waals surface area (Å²) in [6, 6.07) is 15.7. The summed E-state index contributed by atoms with van der Waals surface area (Å²) in [6.45, 7) is 5.81. The van der Waals surface area contributed by atoms with Crippen molar-refractivity contribution in [3.8, 4) is 22.3 Å². The van der Waals surface area contributed by atoms with Crippen LogP contribution in [0, 0.1) is 35.2 Å². The molecule has 0 bridgehead atoms. The first-order chi connectivity index (χ1) is 19.0. The lowest BCUT2D eigenvalue weighted by atomic mass is 9.71. The van der Waals surface area contributed by atoms with E-state index < -0.39 is 11.6 Å². The van der Waals surface area contributed by atoms with E-state index in [0.717, 1.165) is 30.2 Å². The maximum Gasteiger partial charge on any atom is 0.166 e. The van der Waals surface area contributed by atoms with E-state index in [1.807, 2.05) is 25.1 Å². The molecule has 39 heavy (non-hydrogen) atoms. The molecule has 1 unspecified atom stereocenters. The first-order valence-electron chi connectivity index (χ1n) is 14.3. The minimum atomic E-state index is -0.854. The third-order valence-electron chi connectivity index (χ3n) is 8.85. The molecular formula is C36H37F3. The molecule has 0 N–H and O–H groups in total. The fraction of sp³-hybridized carbons (Fsp3) is 0.333. The molecule has 1 saturated carbocycles. The van der Waals surface area contributed by atoms with Crippen LogP contribution >= 0.6 is 0 Å². The van der Waals surface area contributed by atoms with Gasteiger partial charge in [-0.05, 0) is 110 Å². The van der Waals surface area contributed by atoms with Crippen molar-refractivity contribution in [3.05, 3.63) is 114 Å². The Morgan fingerprint density at radius 2 is 1.44 bits per heavy atom. The smallest absolute Gasteiger partial charge is 0.166 e. The van der Waals surface area contributed by atoms with Crippen molar-refractivity contribution in [2.45, 2.75) is 58.3 Å². The van der Waals surface area contributed by atoms with E-state index in [0.29, 0.717) is 34.6 Å². The highest BCUT2D eigenvalue weighted by atomic mass is 19.2. The average molecular weight is 527 g/mol. The lowest BCUT2D eigenvalue weighted by Crippen LogP contribution is -2.22. The predicted molar refractivity (Wildman–Crippen MR) is 157 cm³/mol. The van der Waals surface area contributed by atoms with Gasteiger partial charge in [0.1, 0.15) is 5.82 Å². The van der Waals surface area contributed by atoms with Crippen molar-refractivity contribution >= 4 is 5.57 Å². The number of benzene rings is 3. The Kier molecular flexibility index (Phi) is 8.55. The van der Waals surface area contributed by atoms with Gasteiger partial charge in [-0.1, -0.05) is 72.8 Å². The second kappa shape index (κ2) is 12.2. The molecule has 0 nitrogen and oxygen atoms in total. The zero-order chi connectivity index (χ0) is 27.4. The van der Waals surface area contributed by atoms with Crippen molar-refractivity contribution in [2.75, 3.05) is 0 Å². The number of allylic oxidation sites excluding steroid dienone is 5. The van der Waals surface area contributed by atoms with Crippen LogP contribution in [0.1, 0.15) is 63.0 Å². The average Bonchev–Trinajstić information content (AvgIpc) is 2.98. The lowest BCUT2D eigenvalue weighted by Gasteiger charge is -2.34. The van der Waals surface area contributed by atoms with E-state index in [-0.39, 0.29) is 11.4 Å². The van der Waals surface area contributed by atoms with Gasteiger partial charge in [-0.2, -0.15) is 0 Å². The van der Waals surface area contributed by atoms with E-state index in [1.165, 1.54) is 37.7 Å². The Bertz CT molecular complexity index is 1370. The highest BCUT2D eigenvalue weighted by Crippen LogP contribution is 2.42. The van der Waals surface area contributed by atoms with Crippen molar-refractivity contribution in [1.82, 2.24) is 0 Å². The Morgan fingerprint density at radius 1 is 0.769 bits per heavy atom. The quantitative estimate of drug-likeness (QED) is 0.269. The van der Waals surface area contributed by atoms with Crippen LogP contribution in [0.25, 0.3) is 27.8 Å². The van der Waals surface area contributed by atoms with Crippen LogP contribution in [0.2, 0.25) is 0 Å². The molecule has 0 radical (unpaired) electrons. The van der Waals surface area contributed by atoms with Crippen LogP contribution in [-0.2, 0) is 6.42 Å². The van der Waals surface area contributed by atoms with Gasteiger partial charge in [0.05, 0.1) is 0 Å². The molecule has 202 valence electrons. The summed E-state index contributed by atoms with van der Waals surface area (Å²) < 4.78 is 44.6. The normalized spacial score (nSPS) is 21.6. The lowest BCUT2D eigenvalue weighted by molar-refractivity contribution is 0.212. The SMILES string of the molecule is C=CC1CCC(C2CC=C(c3ccc(-c4ccc(-c5ccc(C/C=C\C)c(F)c5F)cc4)c(F)c3)CC2)CC1. The number of hydrogen-bond acceptors (Lipinski definition) is 0. The maximum absolute atomic E-state index is 15.3. The second-order valence-corrected chi connectivity index (χ2v) is 11.1. The van der Waals surface area contributed by atoms with Crippen molar-refractivity contribution in [2.24, 2.45) is 17.8 Å². The van der Waals surface area contributed by atoms with Gasteiger partial charge in [0, 0.05) is 11.1 Å². The van der Waals surface area contributed by atoms with Crippen LogP contribution in [0.5, 0.6) is 0 Å². The topological polar surface area (TPSA) is 0 Å². The van der Waals surface area contributed by atoms with E-state index in [2.05, 4.69) is 18.7 Å². The number of hydrogen-bond donors (Lipinski definition) is 0. The van der Waals surface area contributed by atoms with Crippen molar-refractivity contribution in [3.63, 3.8) is 0 Å². The van der Waals surface area contributed by atoms with Gasteiger partial charge in [-0.25, -0.2) is 13.2 Å². The molecule has 2 aliphatic rings. The molecule has 3 aromatic carbocycles. The molecule has 0 aliphatic heterocycles. The minimum absolute atomic E-state index is 0.204. The Hall–Kier alpha value is -3.33. The van der Waals surface area contributed by atoms with Gasteiger partial charge in [-0.15, -0.1) is 6.58 Å². The zero-order valence-corrected chi connectivity index (χ0v) is 22.7. The Morgan fingerprint density at radius 3 is 2.05 bits per heavy atom. The summed E-state index contributed by atoms with van der Waals surface area (Å²) >= 11 is 0. The molecule has 0 heterocycles. The molecular weight excluding hydrogens is 489 g/mol. The summed E-state index contributed by atoms with van der Waals surface area (Å²) in [6.07, 6.45) is 16.8. The second-order valence-electron chi connectivity index (χ2n) is 11.1. The summed E-state index contributed by atoms with van der Waals surface area (Å²) in [5.74, 6) is 0.300.